The Morgan fingerprint density at radius 1 is 1.33 bits per heavy atom. The van der Waals surface area contributed by atoms with Crippen molar-refractivity contribution < 1.29 is 13.3 Å². The van der Waals surface area contributed by atoms with Crippen LogP contribution >= 0.6 is 0 Å². The van der Waals surface area contributed by atoms with Gasteiger partial charge in [0.2, 0.25) is 6.54 Å². The van der Waals surface area contributed by atoms with E-state index in [2.05, 4.69) is 0 Å². The standard InChI is InChI=1S/C6H13NO4S/c1-6(2,3)12(10,11)5-4-7(8)9/h4-5H2,1-3H3. The van der Waals surface area contributed by atoms with Crippen molar-refractivity contribution in [3.05, 3.63) is 10.1 Å². The topological polar surface area (TPSA) is 77.3 Å². The summed E-state index contributed by atoms with van der Waals surface area (Å²) < 4.78 is 21.6. The van der Waals surface area contributed by atoms with E-state index in [1.54, 1.807) is 0 Å². The van der Waals surface area contributed by atoms with E-state index >= 15 is 0 Å². The normalized spacial score (nSPS) is 12.9. The van der Waals surface area contributed by atoms with E-state index in [9.17, 15) is 18.5 Å². The average Bonchev–Trinajstić information content (AvgIpc) is 1.81. The molecule has 0 atom stereocenters. The van der Waals surface area contributed by atoms with Crippen molar-refractivity contribution in [2.45, 2.75) is 25.5 Å². The van der Waals surface area contributed by atoms with Gasteiger partial charge in [-0.05, 0) is 20.8 Å². The largest absolute Gasteiger partial charge is 0.265 e. The van der Waals surface area contributed by atoms with E-state index in [0.29, 0.717) is 0 Å². The monoisotopic (exact) mass is 195 g/mol. The number of sulfone groups is 1. The molecule has 0 aromatic heterocycles. The van der Waals surface area contributed by atoms with Gasteiger partial charge in [0.1, 0.15) is 5.75 Å². The zero-order chi connectivity index (χ0) is 9.99. The van der Waals surface area contributed by atoms with E-state index in [4.69, 9.17) is 0 Å². The fourth-order valence-electron chi connectivity index (χ4n) is 0.501. The third-order valence-electron chi connectivity index (χ3n) is 1.48. The Morgan fingerprint density at radius 3 is 2.00 bits per heavy atom. The highest BCUT2D eigenvalue weighted by Gasteiger charge is 2.29. The van der Waals surface area contributed by atoms with Crippen LogP contribution in [0.3, 0.4) is 0 Å². The van der Waals surface area contributed by atoms with Crippen LogP contribution in [0.25, 0.3) is 0 Å². The summed E-state index contributed by atoms with van der Waals surface area (Å²) in [5.74, 6) is -0.385. The van der Waals surface area contributed by atoms with Crippen molar-refractivity contribution >= 4 is 9.84 Å². The Kier molecular flexibility index (Phi) is 3.20. The van der Waals surface area contributed by atoms with Crippen LogP contribution in [0.1, 0.15) is 20.8 Å². The molecule has 0 aliphatic heterocycles. The van der Waals surface area contributed by atoms with E-state index in [1.807, 2.05) is 0 Å². The molecule has 12 heavy (non-hydrogen) atoms. The first-order chi connectivity index (χ1) is 5.17. The van der Waals surface area contributed by atoms with Crippen LogP contribution in [0, 0.1) is 10.1 Å². The molecule has 0 aliphatic carbocycles. The van der Waals surface area contributed by atoms with Crippen LogP contribution in [-0.2, 0) is 9.84 Å². The van der Waals surface area contributed by atoms with Crippen LogP contribution in [0.4, 0.5) is 0 Å². The van der Waals surface area contributed by atoms with Gasteiger partial charge in [0, 0.05) is 4.92 Å². The molecule has 0 aromatic carbocycles. The molecule has 0 heterocycles. The molecule has 0 aromatic rings. The van der Waals surface area contributed by atoms with E-state index in [0.717, 1.165) is 0 Å². The number of rotatable bonds is 3. The summed E-state index contributed by atoms with van der Waals surface area (Å²) in [6.45, 7) is 4.08. The predicted molar refractivity (Wildman–Crippen MR) is 45.4 cm³/mol. The molecular weight excluding hydrogens is 182 g/mol. The maximum atomic E-state index is 11.3. The lowest BCUT2D eigenvalue weighted by Gasteiger charge is -2.17. The summed E-state index contributed by atoms with van der Waals surface area (Å²) in [7, 11) is -3.33. The van der Waals surface area contributed by atoms with Crippen molar-refractivity contribution in [2.24, 2.45) is 0 Å². The summed E-state index contributed by atoms with van der Waals surface area (Å²) in [6, 6.07) is 0. The van der Waals surface area contributed by atoms with Gasteiger partial charge in [0.15, 0.2) is 9.84 Å². The molecule has 0 bridgehead atoms. The fourth-order valence-corrected chi connectivity index (χ4v) is 1.50. The van der Waals surface area contributed by atoms with Crippen LogP contribution in [0.5, 0.6) is 0 Å². The maximum absolute atomic E-state index is 11.3. The lowest BCUT2D eigenvalue weighted by atomic mass is 10.3. The Labute approximate surface area is 71.8 Å². The number of nitro groups is 1. The summed E-state index contributed by atoms with van der Waals surface area (Å²) in [5, 5.41) is 9.91. The van der Waals surface area contributed by atoms with Gasteiger partial charge in [0.25, 0.3) is 0 Å². The van der Waals surface area contributed by atoms with Crippen molar-refractivity contribution in [3.63, 3.8) is 0 Å². The minimum atomic E-state index is -3.33. The molecule has 0 unspecified atom stereocenters. The maximum Gasteiger partial charge on any atom is 0.217 e. The predicted octanol–water partition coefficient (Wildman–Crippen LogP) is 0.476. The van der Waals surface area contributed by atoms with Gasteiger partial charge >= 0.3 is 0 Å². The SMILES string of the molecule is CC(C)(C)S(=O)(=O)CC[N+](=O)[O-]. The minimum Gasteiger partial charge on any atom is -0.265 e. The molecule has 0 saturated carbocycles. The summed E-state index contributed by atoms with van der Waals surface area (Å²) in [5.41, 5.74) is 0. The van der Waals surface area contributed by atoms with Crippen molar-refractivity contribution in [1.29, 1.82) is 0 Å². The first-order valence-electron chi connectivity index (χ1n) is 3.51. The fraction of sp³-hybridized carbons (Fsp3) is 1.00. The highest BCUT2D eigenvalue weighted by atomic mass is 32.2. The molecule has 0 amide bonds. The van der Waals surface area contributed by atoms with E-state index in [-0.39, 0.29) is 5.75 Å². The van der Waals surface area contributed by atoms with Crippen LogP contribution in [-0.4, -0.2) is 30.4 Å². The first kappa shape index (κ1) is 11.4. The van der Waals surface area contributed by atoms with Gasteiger partial charge in [-0.15, -0.1) is 0 Å². The lowest BCUT2D eigenvalue weighted by molar-refractivity contribution is -0.474. The number of hydrogen-bond acceptors (Lipinski definition) is 4. The Hall–Kier alpha value is -0.650. The summed E-state index contributed by atoms with van der Waals surface area (Å²) >= 11 is 0. The Balaban J connectivity index is 4.37. The molecule has 0 rings (SSSR count). The van der Waals surface area contributed by atoms with Crippen LogP contribution in [0.15, 0.2) is 0 Å². The molecule has 0 saturated heterocycles. The van der Waals surface area contributed by atoms with Gasteiger partial charge in [0.05, 0.1) is 4.75 Å². The zero-order valence-corrected chi connectivity index (χ0v) is 8.22. The minimum absolute atomic E-state index is 0.385. The molecule has 0 N–H and O–H groups in total. The molecule has 0 radical (unpaired) electrons. The summed E-state index contributed by atoms with van der Waals surface area (Å²) in [6.07, 6.45) is 0. The average molecular weight is 195 g/mol. The molecule has 5 nitrogen and oxygen atoms in total. The van der Waals surface area contributed by atoms with Gasteiger partial charge in [-0.3, -0.25) is 10.1 Å². The van der Waals surface area contributed by atoms with Crippen molar-refractivity contribution in [3.8, 4) is 0 Å². The zero-order valence-electron chi connectivity index (χ0n) is 7.40. The second-order valence-corrected chi connectivity index (χ2v) is 6.35. The molecular formula is C6H13NO4S. The summed E-state index contributed by atoms with van der Waals surface area (Å²) in [4.78, 5) is 9.29. The second-order valence-electron chi connectivity index (χ2n) is 3.49. The third-order valence-corrected chi connectivity index (χ3v) is 4.06. The third kappa shape index (κ3) is 3.17. The molecule has 72 valence electrons. The van der Waals surface area contributed by atoms with Crippen LogP contribution in [0.2, 0.25) is 0 Å². The first-order valence-corrected chi connectivity index (χ1v) is 5.16. The van der Waals surface area contributed by atoms with Gasteiger partial charge in [-0.1, -0.05) is 0 Å². The van der Waals surface area contributed by atoms with E-state index in [1.165, 1.54) is 20.8 Å². The lowest BCUT2D eigenvalue weighted by Crippen LogP contribution is -2.32. The van der Waals surface area contributed by atoms with E-state index < -0.39 is 26.1 Å². The molecule has 6 heteroatoms. The highest BCUT2D eigenvalue weighted by molar-refractivity contribution is 7.92. The van der Waals surface area contributed by atoms with Gasteiger partial charge in [-0.2, -0.15) is 0 Å². The molecule has 0 spiro atoms. The molecule has 0 fully saturated rings. The number of nitrogens with zero attached hydrogens (tertiary/aromatic N) is 1. The Bertz CT molecular complexity index is 262. The highest BCUT2D eigenvalue weighted by Crippen LogP contribution is 2.15. The smallest absolute Gasteiger partial charge is 0.217 e. The quantitative estimate of drug-likeness (QED) is 0.484. The van der Waals surface area contributed by atoms with Crippen LogP contribution < -0.4 is 0 Å². The van der Waals surface area contributed by atoms with Crippen molar-refractivity contribution in [2.75, 3.05) is 12.3 Å². The molecule has 0 aliphatic rings. The van der Waals surface area contributed by atoms with Gasteiger partial charge in [-0.25, -0.2) is 8.42 Å². The Morgan fingerprint density at radius 2 is 1.75 bits per heavy atom. The number of hydrogen-bond donors (Lipinski definition) is 0. The van der Waals surface area contributed by atoms with Crippen molar-refractivity contribution in [1.82, 2.24) is 0 Å². The second kappa shape index (κ2) is 3.38. The van der Waals surface area contributed by atoms with Gasteiger partial charge < -0.3 is 0 Å².